The summed E-state index contributed by atoms with van der Waals surface area (Å²) in [6.07, 6.45) is 1.81. The zero-order valence-corrected chi connectivity index (χ0v) is 17.3. The van der Waals surface area contributed by atoms with Gasteiger partial charge >= 0.3 is 0 Å². The molecule has 5 aromatic rings. The van der Waals surface area contributed by atoms with Crippen molar-refractivity contribution >= 4 is 68.8 Å². The number of nitrogens with one attached hydrogen (secondary N) is 2. The SMILES string of the molecule is Cl.Clc1ccc(-c2n[nH]c3ccc(Nc4ccnc5ccccc45)cc23)cc1Cl. The Morgan fingerprint density at radius 3 is 2.55 bits per heavy atom. The summed E-state index contributed by atoms with van der Waals surface area (Å²) < 4.78 is 0. The monoisotopic (exact) mass is 440 g/mol. The van der Waals surface area contributed by atoms with Gasteiger partial charge in [0.25, 0.3) is 0 Å². The maximum atomic E-state index is 6.19. The van der Waals surface area contributed by atoms with Crippen LogP contribution in [0.5, 0.6) is 0 Å². The molecule has 0 aliphatic carbocycles. The summed E-state index contributed by atoms with van der Waals surface area (Å²) in [6, 6.07) is 21.7. The Labute approximate surface area is 183 Å². The predicted molar refractivity (Wildman–Crippen MR) is 124 cm³/mol. The summed E-state index contributed by atoms with van der Waals surface area (Å²) in [7, 11) is 0. The molecule has 0 atom stereocenters. The van der Waals surface area contributed by atoms with Gasteiger partial charge in [-0.25, -0.2) is 0 Å². The normalized spacial score (nSPS) is 10.8. The minimum Gasteiger partial charge on any atom is -0.355 e. The molecule has 2 heterocycles. The number of halogens is 3. The lowest BCUT2D eigenvalue weighted by Gasteiger charge is -2.10. The van der Waals surface area contributed by atoms with Crippen LogP contribution in [0.3, 0.4) is 0 Å². The van der Waals surface area contributed by atoms with Crippen molar-refractivity contribution in [1.82, 2.24) is 15.2 Å². The van der Waals surface area contributed by atoms with Crippen LogP contribution in [-0.4, -0.2) is 15.2 Å². The molecule has 29 heavy (non-hydrogen) atoms. The number of H-pyrrole nitrogens is 1. The first kappa shape index (κ1) is 19.5. The van der Waals surface area contributed by atoms with E-state index >= 15 is 0 Å². The van der Waals surface area contributed by atoms with E-state index in [2.05, 4.69) is 32.6 Å². The van der Waals surface area contributed by atoms with Crippen LogP contribution in [0.2, 0.25) is 10.0 Å². The topological polar surface area (TPSA) is 53.6 Å². The largest absolute Gasteiger partial charge is 0.355 e. The number of benzene rings is 3. The minimum absolute atomic E-state index is 0. The van der Waals surface area contributed by atoms with Gasteiger partial charge in [0.15, 0.2) is 0 Å². The van der Waals surface area contributed by atoms with E-state index in [0.717, 1.165) is 44.4 Å². The lowest BCUT2D eigenvalue weighted by atomic mass is 10.1. The van der Waals surface area contributed by atoms with Crippen molar-refractivity contribution in [2.75, 3.05) is 5.32 Å². The summed E-state index contributed by atoms with van der Waals surface area (Å²) in [5.74, 6) is 0. The fourth-order valence-corrected chi connectivity index (χ4v) is 3.61. The van der Waals surface area contributed by atoms with E-state index in [4.69, 9.17) is 23.2 Å². The second-order valence-corrected chi connectivity index (χ2v) is 7.28. The summed E-state index contributed by atoms with van der Waals surface area (Å²) in [5, 5.41) is 14.2. The van der Waals surface area contributed by atoms with Crippen LogP contribution < -0.4 is 5.32 Å². The molecule has 0 fully saturated rings. The molecule has 5 rings (SSSR count). The van der Waals surface area contributed by atoms with E-state index in [0.29, 0.717) is 10.0 Å². The van der Waals surface area contributed by atoms with Gasteiger partial charge in [-0.05, 0) is 42.5 Å². The zero-order valence-electron chi connectivity index (χ0n) is 15.0. The molecule has 0 aliphatic heterocycles. The van der Waals surface area contributed by atoms with E-state index in [1.165, 1.54) is 0 Å². The van der Waals surface area contributed by atoms with Gasteiger partial charge in [0.2, 0.25) is 0 Å². The van der Waals surface area contributed by atoms with Gasteiger partial charge in [0.05, 0.1) is 21.1 Å². The lowest BCUT2D eigenvalue weighted by molar-refractivity contribution is 1.12. The Morgan fingerprint density at radius 2 is 1.69 bits per heavy atom. The molecule has 0 saturated heterocycles. The fraction of sp³-hybridized carbons (Fsp3) is 0. The Hall–Kier alpha value is -2.79. The number of fused-ring (bicyclic) bond motifs is 2. The number of rotatable bonds is 3. The van der Waals surface area contributed by atoms with Gasteiger partial charge in [-0.3, -0.25) is 10.1 Å². The third kappa shape index (κ3) is 3.62. The smallest absolute Gasteiger partial charge is 0.100 e. The van der Waals surface area contributed by atoms with Crippen LogP contribution in [0, 0.1) is 0 Å². The highest BCUT2D eigenvalue weighted by Crippen LogP contribution is 2.33. The van der Waals surface area contributed by atoms with Crippen molar-refractivity contribution in [2.24, 2.45) is 0 Å². The quantitative estimate of drug-likeness (QED) is 0.310. The van der Waals surface area contributed by atoms with Gasteiger partial charge in [-0.15, -0.1) is 12.4 Å². The highest BCUT2D eigenvalue weighted by Gasteiger charge is 2.11. The second kappa shape index (κ2) is 7.91. The van der Waals surface area contributed by atoms with E-state index < -0.39 is 0 Å². The van der Waals surface area contributed by atoms with Crippen LogP contribution in [0.25, 0.3) is 33.1 Å². The summed E-state index contributed by atoms with van der Waals surface area (Å²) >= 11 is 12.2. The van der Waals surface area contributed by atoms with Crippen LogP contribution in [0.1, 0.15) is 0 Å². The standard InChI is InChI=1S/C22H14Cl2N4.ClH/c23-17-7-5-13(11-18(17)24)22-16-12-14(6-8-21(16)27-28-22)26-20-9-10-25-19-4-2-1-3-15(19)20;/h1-12H,(H,25,26)(H,27,28);1H. The van der Waals surface area contributed by atoms with Crippen molar-refractivity contribution in [1.29, 1.82) is 0 Å². The van der Waals surface area contributed by atoms with Gasteiger partial charge in [0.1, 0.15) is 5.69 Å². The van der Waals surface area contributed by atoms with Crippen LogP contribution in [0.15, 0.2) is 72.9 Å². The number of pyridine rings is 1. The fourth-order valence-electron chi connectivity index (χ4n) is 3.32. The Morgan fingerprint density at radius 1 is 0.828 bits per heavy atom. The molecule has 0 radical (unpaired) electrons. The number of para-hydroxylation sites is 1. The molecular formula is C22H15Cl3N4. The van der Waals surface area contributed by atoms with Crippen molar-refractivity contribution in [3.63, 3.8) is 0 Å². The maximum absolute atomic E-state index is 6.19. The van der Waals surface area contributed by atoms with Crippen molar-refractivity contribution in [2.45, 2.75) is 0 Å². The zero-order chi connectivity index (χ0) is 19.1. The molecule has 3 aromatic carbocycles. The number of hydrogen-bond acceptors (Lipinski definition) is 3. The molecule has 0 saturated carbocycles. The van der Waals surface area contributed by atoms with Crippen LogP contribution in [-0.2, 0) is 0 Å². The first-order chi connectivity index (χ1) is 13.7. The molecule has 2 aromatic heterocycles. The second-order valence-electron chi connectivity index (χ2n) is 6.46. The summed E-state index contributed by atoms with van der Waals surface area (Å²) in [5.41, 5.74) is 5.61. The van der Waals surface area contributed by atoms with Crippen LogP contribution >= 0.6 is 35.6 Å². The number of hydrogen-bond donors (Lipinski definition) is 2. The lowest BCUT2D eigenvalue weighted by Crippen LogP contribution is -1.92. The van der Waals surface area contributed by atoms with E-state index in [9.17, 15) is 0 Å². The third-order valence-electron chi connectivity index (χ3n) is 4.68. The molecule has 0 spiro atoms. The maximum Gasteiger partial charge on any atom is 0.100 e. The molecule has 144 valence electrons. The van der Waals surface area contributed by atoms with E-state index in [1.54, 1.807) is 6.07 Å². The van der Waals surface area contributed by atoms with Crippen LogP contribution in [0.4, 0.5) is 11.4 Å². The molecule has 2 N–H and O–H groups in total. The van der Waals surface area contributed by atoms with E-state index in [-0.39, 0.29) is 12.4 Å². The Balaban J connectivity index is 0.00000205. The third-order valence-corrected chi connectivity index (χ3v) is 5.42. The molecule has 7 heteroatoms. The molecular weight excluding hydrogens is 427 g/mol. The molecule has 0 amide bonds. The molecule has 4 nitrogen and oxygen atoms in total. The van der Waals surface area contributed by atoms with Crippen molar-refractivity contribution in [3.8, 4) is 11.3 Å². The number of anilines is 2. The molecule has 0 unspecified atom stereocenters. The first-order valence-corrected chi connectivity index (χ1v) is 9.49. The molecule has 0 aliphatic rings. The Bertz CT molecular complexity index is 1330. The van der Waals surface area contributed by atoms with Gasteiger partial charge in [-0.2, -0.15) is 5.10 Å². The van der Waals surface area contributed by atoms with E-state index in [1.807, 2.05) is 54.7 Å². The highest BCUT2D eigenvalue weighted by molar-refractivity contribution is 6.42. The average molecular weight is 442 g/mol. The highest BCUT2D eigenvalue weighted by atomic mass is 35.5. The minimum atomic E-state index is 0. The van der Waals surface area contributed by atoms with Crippen molar-refractivity contribution in [3.05, 3.63) is 83.0 Å². The number of aromatic nitrogens is 3. The average Bonchev–Trinajstić information content (AvgIpc) is 3.14. The Kier molecular flexibility index (Phi) is 5.33. The summed E-state index contributed by atoms with van der Waals surface area (Å²) in [4.78, 5) is 4.42. The van der Waals surface area contributed by atoms with Gasteiger partial charge in [0, 0.05) is 33.9 Å². The van der Waals surface area contributed by atoms with Gasteiger partial charge < -0.3 is 5.32 Å². The first-order valence-electron chi connectivity index (χ1n) is 8.73. The number of aromatic amines is 1. The van der Waals surface area contributed by atoms with Crippen molar-refractivity contribution < 1.29 is 0 Å². The van der Waals surface area contributed by atoms with Gasteiger partial charge in [-0.1, -0.05) is 47.5 Å². The molecule has 0 bridgehead atoms. The predicted octanol–water partition coefficient (Wildman–Crippen LogP) is 7.25. The summed E-state index contributed by atoms with van der Waals surface area (Å²) in [6.45, 7) is 0. The number of nitrogens with zero attached hydrogens (tertiary/aromatic N) is 2.